The van der Waals surface area contributed by atoms with E-state index in [1.165, 1.54) is 6.07 Å². The Morgan fingerprint density at radius 3 is 2.63 bits per heavy atom. The Bertz CT molecular complexity index is 897. The van der Waals surface area contributed by atoms with Gasteiger partial charge < -0.3 is 5.32 Å². The molecule has 2 aliphatic heterocycles. The summed E-state index contributed by atoms with van der Waals surface area (Å²) in [7, 11) is 0. The average molecular weight is 392 g/mol. The van der Waals surface area contributed by atoms with E-state index in [1.54, 1.807) is 6.07 Å². The van der Waals surface area contributed by atoms with Crippen LogP contribution in [0.4, 0.5) is 14.5 Å². The van der Waals surface area contributed by atoms with Crippen LogP contribution in [0.1, 0.15) is 24.0 Å². The van der Waals surface area contributed by atoms with Crippen LogP contribution < -0.4 is 10.4 Å². The van der Waals surface area contributed by atoms with Gasteiger partial charge in [0.2, 0.25) is 0 Å². The Morgan fingerprint density at radius 2 is 1.89 bits per heavy atom. The number of fused-ring (bicyclic) bond motifs is 1. The Kier molecular flexibility index (Phi) is 4.88. The van der Waals surface area contributed by atoms with Crippen LogP contribution in [0, 0.1) is 17.0 Å². The van der Waals surface area contributed by atoms with Crippen LogP contribution >= 0.6 is 11.6 Å². The molecule has 142 valence electrons. The lowest BCUT2D eigenvalue weighted by Crippen LogP contribution is -2.52. The van der Waals surface area contributed by atoms with E-state index in [0.29, 0.717) is 29.4 Å². The number of aliphatic imine (C=N–C) groups is 1. The molecule has 0 unspecified atom stereocenters. The van der Waals surface area contributed by atoms with E-state index in [2.05, 4.69) is 5.32 Å². The second kappa shape index (κ2) is 7.19. The molecule has 2 aromatic rings. The van der Waals surface area contributed by atoms with Gasteiger partial charge in [-0.2, -0.15) is 0 Å². The van der Waals surface area contributed by atoms with Crippen LogP contribution in [0.2, 0.25) is 5.02 Å². The van der Waals surface area contributed by atoms with Crippen molar-refractivity contribution in [2.24, 2.45) is 10.4 Å². The van der Waals surface area contributed by atoms with Gasteiger partial charge in [-0.25, -0.2) is 13.8 Å². The van der Waals surface area contributed by atoms with Crippen molar-refractivity contribution >= 4 is 23.1 Å². The van der Waals surface area contributed by atoms with Gasteiger partial charge >= 0.3 is 0 Å². The van der Waals surface area contributed by atoms with Gasteiger partial charge in [-0.1, -0.05) is 23.7 Å². The molecule has 0 amide bonds. The molecule has 2 heterocycles. The van der Waals surface area contributed by atoms with Crippen molar-refractivity contribution in [3.8, 4) is 0 Å². The number of hydroxylamine groups is 1. The predicted molar refractivity (Wildman–Crippen MR) is 101 cm³/mol. The van der Waals surface area contributed by atoms with Gasteiger partial charge in [0, 0.05) is 16.5 Å². The highest BCUT2D eigenvalue weighted by Crippen LogP contribution is 2.44. The van der Waals surface area contributed by atoms with Gasteiger partial charge in [0.15, 0.2) is 11.6 Å². The average Bonchev–Trinajstić information content (AvgIpc) is 2.64. The van der Waals surface area contributed by atoms with Crippen molar-refractivity contribution in [2.45, 2.75) is 25.8 Å². The monoisotopic (exact) mass is 391 g/mol. The van der Waals surface area contributed by atoms with Crippen LogP contribution in [-0.4, -0.2) is 24.1 Å². The molecule has 2 N–H and O–H groups in total. The Morgan fingerprint density at radius 1 is 1.15 bits per heavy atom. The number of nitrogens with zero attached hydrogens (tertiary/aromatic N) is 2. The number of hydrogen-bond acceptors (Lipinski definition) is 3. The van der Waals surface area contributed by atoms with Crippen LogP contribution in [0.3, 0.4) is 0 Å². The molecule has 0 aromatic heterocycles. The molecule has 1 spiro atoms. The third-order valence-corrected chi connectivity index (χ3v) is 5.65. The second-order valence-corrected chi connectivity index (χ2v) is 7.62. The molecule has 0 atom stereocenters. The number of anilines is 1. The second-order valence-electron chi connectivity index (χ2n) is 7.18. The van der Waals surface area contributed by atoms with E-state index in [9.17, 15) is 14.0 Å². The van der Waals surface area contributed by atoms with E-state index in [1.807, 2.05) is 18.2 Å². The molecular formula is C20H20ClF2N3O. The molecule has 2 aliphatic rings. The van der Waals surface area contributed by atoms with E-state index < -0.39 is 17.0 Å². The maximum Gasteiger partial charge on any atom is 0.161 e. The maximum absolute atomic E-state index is 13.8. The molecule has 27 heavy (non-hydrogen) atoms. The third-order valence-electron chi connectivity index (χ3n) is 5.41. The molecule has 0 aliphatic carbocycles. The lowest BCUT2D eigenvalue weighted by molar-refractivity contribution is 0.235. The highest BCUT2D eigenvalue weighted by Gasteiger charge is 2.45. The topological polar surface area (TPSA) is 47.9 Å². The molecule has 0 bridgehead atoms. The normalized spacial score (nSPS) is 20.1. The number of nitrogens with one attached hydrogen (secondary N) is 1. The minimum Gasteiger partial charge on any atom is -0.317 e. The Hall–Kier alpha value is -2.02. The standard InChI is InChI=1S/C20H20ClF2N3O/c21-15-3-1-2-13(8-15)12-25-19-20(4-6-24-7-5-20)11-14-9-16(22)17(23)10-18(14)26(19)27/h1-3,8-10,24,27H,4-7,11-12H2. The zero-order valence-electron chi connectivity index (χ0n) is 14.7. The van der Waals surface area contributed by atoms with Gasteiger partial charge in [0.25, 0.3) is 0 Å². The fourth-order valence-corrected chi connectivity index (χ4v) is 4.25. The van der Waals surface area contributed by atoms with Crippen molar-refractivity contribution in [2.75, 3.05) is 18.2 Å². The smallest absolute Gasteiger partial charge is 0.161 e. The lowest BCUT2D eigenvalue weighted by Gasteiger charge is -2.45. The van der Waals surface area contributed by atoms with E-state index >= 15 is 0 Å². The summed E-state index contributed by atoms with van der Waals surface area (Å²) >= 11 is 6.04. The van der Waals surface area contributed by atoms with Gasteiger partial charge in [-0.15, -0.1) is 0 Å². The van der Waals surface area contributed by atoms with Gasteiger partial charge in [0.05, 0.1) is 12.2 Å². The molecule has 0 radical (unpaired) electrons. The first kappa shape index (κ1) is 18.3. The van der Waals surface area contributed by atoms with Gasteiger partial charge in [-0.3, -0.25) is 10.2 Å². The number of piperidine rings is 1. The first-order chi connectivity index (χ1) is 13.0. The molecule has 4 rings (SSSR count). The first-order valence-electron chi connectivity index (χ1n) is 8.95. The van der Waals surface area contributed by atoms with Crippen LogP contribution in [0.15, 0.2) is 41.4 Å². The van der Waals surface area contributed by atoms with Crippen LogP contribution in [-0.2, 0) is 13.0 Å². The largest absolute Gasteiger partial charge is 0.317 e. The first-order valence-corrected chi connectivity index (χ1v) is 9.33. The summed E-state index contributed by atoms with van der Waals surface area (Å²) in [5, 5.41) is 15.7. The van der Waals surface area contributed by atoms with Crippen LogP contribution in [0.25, 0.3) is 0 Å². The molecule has 1 fully saturated rings. The van der Waals surface area contributed by atoms with Gasteiger partial charge in [-0.05, 0) is 61.7 Å². The molecule has 7 heteroatoms. The zero-order valence-corrected chi connectivity index (χ0v) is 15.4. The minimum absolute atomic E-state index is 0.253. The molecule has 0 saturated carbocycles. The highest BCUT2D eigenvalue weighted by atomic mass is 35.5. The molecule has 4 nitrogen and oxygen atoms in total. The van der Waals surface area contributed by atoms with E-state index in [-0.39, 0.29) is 5.69 Å². The summed E-state index contributed by atoms with van der Waals surface area (Å²) < 4.78 is 27.5. The Balaban J connectivity index is 1.76. The van der Waals surface area contributed by atoms with Gasteiger partial charge in [0.1, 0.15) is 5.84 Å². The number of amidine groups is 1. The predicted octanol–water partition coefficient (Wildman–Crippen LogP) is 4.34. The summed E-state index contributed by atoms with van der Waals surface area (Å²) in [6.07, 6.45) is 2.04. The van der Waals surface area contributed by atoms with Crippen molar-refractivity contribution in [1.29, 1.82) is 0 Å². The number of benzene rings is 2. The summed E-state index contributed by atoms with van der Waals surface area (Å²) in [6, 6.07) is 9.61. The highest BCUT2D eigenvalue weighted by molar-refractivity contribution is 6.30. The quantitative estimate of drug-likeness (QED) is 0.800. The SMILES string of the molecule is ON1C(=NCc2cccc(Cl)c2)C2(CCNCC2)Cc2cc(F)c(F)cc21. The molecule has 1 saturated heterocycles. The lowest BCUT2D eigenvalue weighted by atomic mass is 9.70. The fraction of sp³-hybridized carbons (Fsp3) is 0.350. The number of halogens is 3. The summed E-state index contributed by atoms with van der Waals surface area (Å²) in [5.74, 6) is -1.38. The van der Waals surface area contributed by atoms with E-state index in [0.717, 1.165) is 42.6 Å². The number of hydrogen-bond donors (Lipinski definition) is 2. The third kappa shape index (κ3) is 3.45. The van der Waals surface area contributed by atoms with Crippen molar-refractivity contribution in [1.82, 2.24) is 5.32 Å². The van der Waals surface area contributed by atoms with Crippen molar-refractivity contribution in [3.63, 3.8) is 0 Å². The van der Waals surface area contributed by atoms with Crippen molar-refractivity contribution in [3.05, 3.63) is 64.2 Å². The molecular weight excluding hydrogens is 372 g/mol. The van der Waals surface area contributed by atoms with E-state index in [4.69, 9.17) is 16.6 Å². The van der Waals surface area contributed by atoms with Crippen LogP contribution in [0.5, 0.6) is 0 Å². The summed E-state index contributed by atoms with van der Waals surface area (Å²) in [5.41, 5.74) is 1.36. The maximum atomic E-state index is 13.8. The summed E-state index contributed by atoms with van der Waals surface area (Å²) in [4.78, 5) is 4.69. The summed E-state index contributed by atoms with van der Waals surface area (Å²) in [6.45, 7) is 1.91. The Labute approximate surface area is 161 Å². The molecule has 2 aromatic carbocycles. The minimum atomic E-state index is -0.983. The van der Waals surface area contributed by atoms with Crippen molar-refractivity contribution < 1.29 is 14.0 Å². The fourth-order valence-electron chi connectivity index (χ4n) is 4.04. The number of rotatable bonds is 2. The zero-order chi connectivity index (χ0) is 19.0.